The van der Waals surface area contributed by atoms with Crippen LogP contribution in [0.25, 0.3) is 0 Å². The number of benzene rings is 1. The molecular formula is C18H26N2O3. The van der Waals surface area contributed by atoms with Crippen LogP contribution >= 0.6 is 0 Å². The molecule has 2 atom stereocenters. The summed E-state index contributed by atoms with van der Waals surface area (Å²) >= 11 is 0. The molecule has 0 aromatic heterocycles. The van der Waals surface area contributed by atoms with Gasteiger partial charge in [-0.1, -0.05) is 31.5 Å². The molecule has 5 nitrogen and oxygen atoms in total. The maximum absolute atomic E-state index is 13.1. The average Bonchev–Trinajstić information content (AvgIpc) is 2.98. The predicted molar refractivity (Wildman–Crippen MR) is 89.7 cm³/mol. The number of hydrogen-bond donors (Lipinski definition) is 1. The van der Waals surface area contributed by atoms with Crippen LogP contribution in [0.3, 0.4) is 0 Å². The predicted octanol–water partition coefficient (Wildman–Crippen LogP) is 1.61. The summed E-state index contributed by atoms with van der Waals surface area (Å²) in [5, 5.41) is 9.62. The number of carbonyl (C=O) groups is 1. The topological polar surface area (TPSA) is 53.0 Å². The van der Waals surface area contributed by atoms with Gasteiger partial charge in [-0.25, -0.2) is 0 Å². The van der Waals surface area contributed by atoms with Crippen LogP contribution in [0.15, 0.2) is 24.3 Å². The van der Waals surface area contributed by atoms with E-state index in [0.717, 1.165) is 37.2 Å². The van der Waals surface area contributed by atoms with Crippen LogP contribution in [0.4, 0.5) is 5.69 Å². The first-order chi connectivity index (χ1) is 11.3. The SMILES string of the molecule is CCCCN1CCOCC1C(=O)N1CC(CO)c2ccccc21. The Kier molecular flexibility index (Phi) is 5.30. The standard InChI is InChI=1S/C18H26N2O3/c1-2-3-8-19-9-10-23-13-17(19)18(22)20-11-14(12-21)15-6-4-5-7-16(15)20/h4-7,14,17,21H,2-3,8-13H2,1H3. The lowest BCUT2D eigenvalue weighted by Crippen LogP contribution is -2.55. The minimum Gasteiger partial charge on any atom is -0.396 e. The minimum atomic E-state index is -0.208. The molecule has 0 spiro atoms. The molecule has 0 bridgehead atoms. The van der Waals surface area contributed by atoms with Gasteiger partial charge < -0.3 is 14.7 Å². The molecule has 1 fully saturated rings. The van der Waals surface area contributed by atoms with Crippen molar-refractivity contribution in [1.82, 2.24) is 4.90 Å². The zero-order valence-electron chi connectivity index (χ0n) is 13.8. The van der Waals surface area contributed by atoms with Crippen LogP contribution in [0.5, 0.6) is 0 Å². The quantitative estimate of drug-likeness (QED) is 0.896. The van der Waals surface area contributed by atoms with Crippen molar-refractivity contribution in [3.63, 3.8) is 0 Å². The van der Waals surface area contributed by atoms with Crippen molar-refractivity contribution in [2.45, 2.75) is 31.7 Å². The number of para-hydroxylation sites is 1. The minimum absolute atomic E-state index is 0.0174. The Morgan fingerprint density at radius 3 is 3.00 bits per heavy atom. The summed E-state index contributed by atoms with van der Waals surface area (Å²) in [6.07, 6.45) is 2.22. The maximum Gasteiger partial charge on any atom is 0.246 e. The summed E-state index contributed by atoms with van der Waals surface area (Å²) < 4.78 is 5.58. The summed E-state index contributed by atoms with van der Waals surface area (Å²) in [7, 11) is 0. The van der Waals surface area contributed by atoms with Gasteiger partial charge in [0.1, 0.15) is 6.04 Å². The van der Waals surface area contributed by atoms with Gasteiger partial charge in [0.25, 0.3) is 0 Å². The molecule has 0 radical (unpaired) electrons. The van der Waals surface area contributed by atoms with Gasteiger partial charge in [0, 0.05) is 24.7 Å². The molecule has 1 aromatic carbocycles. The van der Waals surface area contributed by atoms with Crippen LogP contribution < -0.4 is 4.90 Å². The summed E-state index contributed by atoms with van der Waals surface area (Å²) in [5.74, 6) is 0.118. The van der Waals surface area contributed by atoms with Gasteiger partial charge >= 0.3 is 0 Å². The molecule has 3 rings (SSSR count). The molecule has 2 aliphatic heterocycles. The fourth-order valence-electron chi connectivity index (χ4n) is 3.53. The van der Waals surface area contributed by atoms with Gasteiger partial charge in [-0.15, -0.1) is 0 Å². The summed E-state index contributed by atoms with van der Waals surface area (Å²) in [5.41, 5.74) is 2.01. The molecule has 23 heavy (non-hydrogen) atoms. The van der Waals surface area contributed by atoms with Crippen LogP contribution in [0.2, 0.25) is 0 Å². The Morgan fingerprint density at radius 1 is 1.39 bits per heavy atom. The Hall–Kier alpha value is -1.43. The Labute approximate surface area is 137 Å². The summed E-state index contributed by atoms with van der Waals surface area (Å²) in [4.78, 5) is 17.2. The zero-order chi connectivity index (χ0) is 16.2. The van der Waals surface area contributed by atoms with E-state index in [1.54, 1.807) is 0 Å². The average molecular weight is 318 g/mol. The molecule has 2 unspecified atom stereocenters. The molecule has 126 valence electrons. The molecule has 2 aliphatic rings. The molecular weight excluding hydrogens is 292 g/mol. The molecule has 1 amide bonds. The highest BCUT2D eigenvalue weighted by Crippen LogP contribution is 2.36. The van der Waals surface area contributed by atoms with Gasteiger partial charge in [-0.3, -0.25) is 9.69 Å². The molecule has 2 heterocycles. The molecule has 1 N–H and O–H groups in total. The van der Waals surface area contributed by atoms with Crippen molar-refractivity contribution in [3.05, 3.63) is 29.8 Å². The van der Waals surface area contributed by atoms with Crippen LogP contribution in [0.1, 0.15) is 31.2 Å². The van der Waals surface area contributed by atoms with Crippen LogP contribution in [-0.4, -0.2) is 61.4 Å². The molecule has 5 heteroatoms. The largest absolute Gasteiger partial charge is 0.396 e. The van der Waals surface area contributed by atoms with E-state index >= 15 is 0 Å². The highest BCUT2D eigenvalue weighted by atomic mass is 16.5. The van der Waals surface area contributed by atoms with E-state index in [1.807, 2.05) is 29.2 Å². The number of anilines is 1. The molecule has 1 saturated heterocycles. The van der Waals surface area contributed by atoms with Gasteiger partial charge in [0.05, 0.1) is 19.8 Å². The number of carbonyl (C=O) groups excluding carboxylic acids is 1. The highest BCUT2D eigenvalue weighted by molar-refractivity contribution is 5.99. The number of hydrogen-bond acceptors (Lipinski definition) is 4. The lowest BCUT2D eigenvalue weighted by Gasteiger charge is -2.36. The number of aliphatic hydroxyl groups excluding tert-OH is 1. The van der Waals surface area contributed by atoms with E-state index in [9.17, 15) is 9.90 Å². The lowest BCUT2D eigenvalue weighted by molar-refractivity contribution is -0.129. The highest BCUT2D eigenvalue weighted by Gasteiger charge is 2.38. The van der Waals surface area contributed by atoms with Crippen molar-refractivity contribution >= 4 is 11.6 Å². The van der Waals surface area contributed by atoms with E-state index in [2.05, 4.69) is 11.8 Å². The first-order valence-electron chi connectivity index (χ1n) is 8.59. The van der Waals surface area contributed by atoms with E-state index in [1.165, 1.54) is 0 Å². The Morgan fingerprint density at radius 2 is 2.22 bits per heavy atom. The van der Waals surface area contributed by atoms with Crippen LogP contribution in [0, 0.1) is 0 Å². The third-order valence-corrected chi connectivity index (χ3v) is 4.88. The first kappa shape index (κ1) is 16.4. The maximum atomic E-state index is 13.1. The van der Waals surface area contributed by atoms with Crippen molar-refractivity contribution in [2.75, 3.05) is 44.4 Å². The number of ether oxygens (including phenoxy) is 1. The normalized spacial score (nSPS) is 24.7. The third kappa shape index (κ3) is 3.27. The Bertz CT molecular complexity index is 549. The van der Waals surface area contributed by atoms with Gasteiger partial charge in [-0.05, 0) is 24.6 Å². The van der Waals surface area contributed by atoms with E-state index in [4.69, 9.17) is 4.74 Å². The fourth-order valence-corrected chi connectivity index (χ4v) is 3.53. The summed E-state index contributed by atoms with van der Waals surface area (Å²) in [6, 6.07) is 7.69. The molecule has 0 saturated carbocycles. The third-order valence-electron chi connectivity index (χ3n) is 4.88. The molecule has 1 aromatic rings. The van der Waals surface area contributed by atoms with E-state index in [0.29, 0.717) is 19.8 Å². The second kappa shape index (κ2) is 7.43. The molecule has 0 aliphatic carbocycles. The van der Waals surface area contributed by atoms with E-state index in [-0.39, 0.29) is 24.5 Å². The van der Waals surface area contributed by atoms with Crippen molar-refractivity contribution in [1.29, 1.82) is 0 Å². The Balaban J connectivity index is 1.79. The fraction of sp³-hybridized carbons (Fsp3) is 0.611. The number of fused-ring (bicyclic) bond motifs is 1. The lowest BCUT2D eigenvalue weighted by atomic mass is 10.0. The van der Waals surface area contributed by atoms with Crippen LogP contribution in [-0.2, 0) is 9.53 Å². The van der Waals surface area contributed by atoms with Crippen molar-refractivity contribution in [2.24, 2.45) is 0 Å². The number of nitrogens with zero attached hydrogens (tertiary/aromatic N) is 2. The van der Waals surface area contributed by atoms with Gasteiger partial charge in [-0.2, -0.15) is 0 Å². The smallest absolute Gasteiger partial charge is 0.246 e. The number of amides is 1. The number of aliphatic hydroxyl groups is 1. The number of morpholine rings is 1. The van der Waals surface area contributed by atoms with E-state index < -0.39 is 0 Å². The number of unbranched alkanes of at least 4 members (excludes halogenated alkanes) is 1. The first-order valence-corrected chi connectivity index (χ1v) is 8.59. The summed E-state index contributed by atoms with van der Waals surface area (Å²) in [6.45, 7) is 5.72. The second-order valence-corrected chi connectivity index (χ2v) is 6.37. The second-order valence-electron chi connectivity index (χ2n) is 6.37. The number of rotatable bonds is 5. The van der Waals surface area contributed by atoms with Gasteiger partial charge in [0.2, 0.25) is 5.91 Å². The van der Waals surface area contributed by atoms with Crippen molar-refractivity contribution < 1.29 is 14.6 Å². The van der Waals surface area contributed by atoms with Gasteiger partial charge in [0.15, 0.2) is 0 Å². The zero-order valence-corrected chi connectivity index (χ0v) is 13.8. The van der Waals surface area contributed by atoms with Crippen molar-refractivity contribution in [3.8, 4) is 0 Å². The monoisotopic (exact) mass is 318 g/mol.